The number of ether oxygens (including phenoxy) is 1. The summed E-state index contributed by atoms with van der Waals surface area (Å²) in [6.45, 7) is 2.44. The van der Waals surface area contributed by atoms with E-state index in [-0.39, 0.29) is 4.90 Å². The molecule has 3 aromatic carbocycles. The van der Waals surface area contributed by atoms with Gasteiger partial charge in [-0.25, -0.2) is 13.2 Å². The van der Waals surface area contributed by atoms with E-state index in [0.29, 0.717) is 18.0 Å². The largest absolute Gasteiger partial charge is 0.449 e. The van der Waals surface area contributed by atoms with E-state index in [9.17, 15) is 13.2 Å². The Labute approximate surface area is 170 Å². The van der Waals surface area contributed by atoms with Crippen molar-refractivity contribution in [2.75, 3.05) is 16.6 Å². The molecule has 0 aliphatic rings. The highest BCUT2D eigenvalue weighted by atomic mass is 32.2. The first kappa shape index (κ1) is 20.7. The van der Waals surface area contributed by atoms with E-state index in [1.807, 2.05) is 30.3 Å². The minimum atomic E-state index is -3.76. The number of carbonyl (C=O) groups excluding carboxylic acids is 1. The van der Waals surface area contributed by atoms with Gasteiger partial charge in [-0.3, -0.25) is 10.0 Å². The SMILES string of the molecule is CCCCCOC(=O)Nc1ccc(S(=O)(=O)Nc2cccc3ccccc23)cc1. The lowest BCUT2D eigenvalue weighted by Gasteiger charge is -2.11. The van der Waals surface area contributed by atoms with Gasteiger partial charge in [0.05, 0.1) is 17.2 Å². The minimum Gasteiger partial charge on any atom is -0.449 e. The van der Waals surface area contributed by atoms with Crippen LogP contribution in [0.2, 0.25) is 0 Å². The molecule has 3 aromatic rings. The van der Waals surface area contributed by atoms with Crippen LogP contribution in [0.1, 0.15) is 26.2 Å². The summed E-state index contributed by atoms with van der Waals surface area (Å²) in [6.07, 6.45) is 2.32. The van der Waals surface area contributed by atoms with Crippen LogP contribution in [-0.2, 0) is 14.8 Å². The molecule has 0 heterocycles. The Kier molecular flexibility index (Phi) is 6.72. The number of benzene rings is 3. The van der Waals surface area contributed by atoms with E-state index in [1.54, 1.807) is 12.1 Å². The summed E-state index contributed by atoms with van der Waals surface area (Å²) in [5.41, 5.74) is 0.982. The van der Waals surface area contributed by atoms with E-state index >= 15 is 0 Å². The molecule has 0 aromatic heterocycles. The number of sulfonamides is 1. The first-order valence-electron chi connectivity index (χ1n) is 9.54. The van der Waals surface area contributed by atoms with Crippen LogP contribution in [0.4, 0.5) is 16.2 Å². The van der Waals surface area contributed by atoms with Gasteiger partial charge in [-0.05, 0) is 42.1 Å². The van der Waals surface area contributed by atoms with Gasteiger partial charge in [-0.1, -0.05) is 56.2 Å². The van der Waals surface area contributed by atoms with Gasteiger partial charge in [0.25, 0.3) is 10.0 Å². The van der Waals surface area contributed by atoms with E-state index in [4.69, 9.17) is 4.74 Å². The molecule has 29 heavy (non-hydrogen) atoms. The van der Waals surface area contributed by atoms with Gasteiger partial charge in [0.15, 0.2) is 0 Å². The number of rotatable bonds is 8. The molecule has 3 rings (SSSR count). The molecule has 0 unspecified atom stereocenters. The summed E-state index contributed by atoms with van der Waals surface area (Å²) >= 11 is 0. The van der Waals surface area contributed by atoms with E-state index < -0.39 is 16.1 Å². The van der Waals surface area contributed by atoms with E-state index in [1.165, 1.54) is 24.3 Å². The third-order valence-electron chi connectivity index (χ3n) is 4.43. The van der Waals surface area contributed by atoms with Crippen LogP contribution in [0.25, 0.3) is 10.8 Å². The lowest BCUT2D eigenvalue weighted by Crippen LogP contribution is -2.15. The van der Waals surface area contributed by atoms with Gasteiger partial charge in [0.1, 0.15) is 0 Å². The normalized spacial score (nSPS) is 11.2. The van der Waals surface area contributed by atoms with Crippen LogP contribution in [0.15, 0.2) is 71.6 Å². The third-order valence-corrected chi connectivity index (χ3v) is 5.81. The molecule has 1 amide bonds. The van der Waals surface area contributed by atoms with Crippen molar-refractivity contribution in [1.82, 2.24) is 0 Å². The first-order valence-corrected chi connectivity index (χ1v) is 11.0. The summed E-state index contributed by atoms with van der Waals surface area (Å²) in [5.74, 6) is 0. The van der Waals surface area contributed by atoms with Gasteiger partial charge in [-0.15, -0.1) is 0 Å². The van der Waals surface area contributed by atoms with Crippen LogP contribution in [-0.4, -0.2) is 21.1 Å². The summed E-state index contributed by atoms with van der Waals surface area (Å²) < 4.78 is 33.2. The zero-order valence-electron chi connectivity index (χ0n) is 16.2. The number of fused-ring (bicyclic) bond motifs is 1. The number of hydrogen-bond acceptors (Lipinski definition) is 4. The predicted octanol–water partition coefficient (Wildman–Crippen LogP) is 5.38. The monoisotopic (exact) mass is 412 g/mol. The Bertz CT molecular complexity index is 1070. The Balaban J connectivity index is 1.67. The van der Waals surface area contributed by atoms with Crippen molar-refractivity contribution in [2.45, 2.75) is 31.1 Å². The van der Waals surface area contributed by atoms with E-state index in [2.05, 4.69) is 17.0 Å². The van der Waals surface area contributed by atoms with E-state index in [0.717, 1.165) is 30.0 Å². The lowest BCUT2D eigenvalue weighted by molar-refractivity contribution is 0.159. The summed E-state index contributed by atoms with van der Waals surface area (Å²) in [4.78, 5) is 11.9. The van der Waals surface area contributed by atoms with Crippen LogP contribution in [0.3, 0.4) is 0 Å². The van der Waals surface area contributed by atoms with Crippen molar-refractivity contribution in [3.8, 4) is 0 Å². The van der Waals surface area contributed by atoms with Crippen molar-refractivity contribution >= 4 is 38.3 Å². The molecule has 0 atom stereocenters. The standard InChI is InChI=1S/C22H24N2O4S/c1-2-3-6-16-28-22(25)23-18-12-14-19(15-13-18)29(26,27)24-21-11-7-9-17-8-4-5-10-20(17)21/h4-5,7-15,24H,2-3,6,16H2,1H3,(H,23,25). The number of hydrogen-bond donors (Lipinski definition) is 2. The maximum atomic E-state index is 12.8. The number of unbranched alkanes of at least 4 members (excludes halogenated alkanes) is 2. The van der Waals surface area contributed by atoms with Gasteiger partial charge in [-0.2, -0.15) is 0 Å². The fraction of sp³-hybridized carbons (Fsp3) is 0.227. The molecule has 0 bridgehead atoms. The molecule has 0 aliphatic carbocycles. The van der Waals surface area contributed by atoms with Crippen LogP contribution >= 0.6 is 0 Å². The van der Waals surface area contributed by atoms with Gasteiger partial charge >= 0.3 is 6.09 Å². The summed E-state index contributed by atoms with van der Waals surface area (Å²) in [5, 5.41) is 4.37. The average Bonchev–Trinajstić information content (AvgIpc) is 2.72. The molecular weight excluding hydrogens is 388 g/mol. The van der Waals surface area contributed by atoms with Crippen molar-refractivity contribution in [2.24, 2.45) is 0 Å². The average molecular weight is 413 g/mol. The lowest BCUT2D eigenvalue weighted by atomic mass is 10.1. The van der Waals surface area contributed by atoms with Crippen molar-refractivity contribution in [3.05, 3.63) is 66.7 Å². The van der Waals surface area contributed by atoms with Crippen LogP contribution in [0, 0.1) is 0 Å². The zero-order valence-corrected chi connectivity index (χ0v) is 17.0. The Morgan fingerprint density at radius 3 is 2.41 bits per heavy atom. The molecule has 0 saturated carbocycles. The quantitative estimate of drug-likeness (QED) is 0.487. The molecular formula is C22H24N2O4S. The fourth-order valence-corrected chi connectivity index (χ4v) is 3.99. The van der Waals surface area contributed by atoms with Crippen molar-refractivity contribution < 1.29 is 17.9 Å². The van der Waals surface area contributed by atoms with Crippen molar-refractivity contribution in [1.29, 1.82) is 0 Å². The maximum Gasteiger partial charge on any atom is 0.411 e. The Morgan fingerprint density at radius 2 is 1.66 bits per heavy atom. The molecule has 0 radical (unpaired) electrons. The highest BCUT2D eigenvalue weighted by Gasteiger charge is 2.15. The molecule has 152 valence electrons. The topological polar surface area (TPSA) is 84.5 Å². The van der Waals surface area contributed by atoms with Crippen LogP contribution in [0.5, 0.6) is 0 Å². The van der Waals surface area contributed by atoms with Crippen LogP contribution < -0.4 is 10.0 Å². The second kappa shape index (κ2) is 9.43. The summed E-state index contributed by atoms with van der Waals surface area (Å²) in [7, 11) is -3.76. The van der Waals surface area contributed by atoms with Gasteiger partial charge in [0.2, 0.25) is 0 Å². The number of carbonyl (C=O) groups is 1. The molecule has 0 fully saturated rings. The molecule has 0 spiro atoms. The van der Waals surface area contributed by atoms with Gasteiger partial charge in [0, 0.05) is 11.1 Å². The van der Waals surface area contributed by atoms with Gasteiger partial charge < -0.3 is 4.74 Å². The van der Waals surface area contributed by atoms with Crippen molar-refractivity contribution in [3.63, 3.8) is 0 Å². The molecule has 2 N–H and O–H groups in total. The predicted molar refractivity (Wildman–Crippen MR) is 116 cm³/mol. The maximum absolute atomic E-state index is 12.8. The highest BCUT2D eigenvalue weighted by molar-refractivity contribution is 7.92. The third kappa shape index (κ3) is 5.48. The summed E-state index contributed by atoms with van der Waals surface area (Å²) in [6, 6.07) is 19.0. The second-order valence-corrected chi connectivity index (χ2v) is 8.31. The molecule has 0 saturated heterocycles. The molecule has 7 heteroatoms. The number of amides is 1. The highest BCUT2D eigenvalue weighted by Crippen LogP contribution is 2.26. The Hall–Kier alpha value is -3.06. The smallest absolute Gasteiger partial charge is 0.411 e. The fourth-order valence-electron chi connectivity index (χ4n) is 2.91. The molecule has 0 aliphatic heterocycles. The molecule has 6 nitrogen and oxygen atoms in total. The first-order chi connectivity index (χ1) is 14.0. The minimum absolute atomic E-state index is 0.104. The second-order valence-electron chi connectivity index (χ2n) is 6.62. The Morgan fingerprint density at radius 1 is 0.931 bits per heavy atom. The number of anilines is 2. The number of nitrogens with one attached hydrogen (secondary N) is 2. The zero-order chi connectivity index (χ0) is 20.7.